The first-order valence-electron chi connectivity index (χ1n) is 5.83. The normalized spacial score (nSPS) is 18.3. The third-order valence-electron chi connectivity index (χ3n) is 2.99. The van der Waals surface area contributed by atoms with Gasteiger partial charge in [-0.1, -0.05) is 6.07 Å². The Morgan fingerprint density at radius 3 is 2.83 bits per heavy atom. The standard InChI is InChI=1S/C12H16N2O4/c15-11(16)9-2-1-3-10(14-9)13-8-12(17)4-6-18-7-5-12/h1-3,17H,4-8H2,(H,13,14)(H,15,16). The van der Waals surface area contributed by atoms with Crippen molar-refractivity contribution in [2.45, 2.75) is 18.4 Å². The van der Waals surface area contributed by atoms with Crippen molar-refractivity contribution in [3.8, 4) is 0 Å². The van der Waals surface area contributed by atoms with E-state index in [1.165, 1.54) is 6.07 Å². The number of rotatable bonds is 4. The summed E-state index contributed by atoms with van der Waals surface area (Å²) in [5, 5.41) is 22.0. The predicted molar refractivity (Wildman–Crippen MR) is 64.7 cm³/mol. The molecule has 1 saturated heterocycles. The number of hydrogen-bond acceptors (Lipinski definition) is 5. The lowest BCUT2D eigenvalue weighted by molar-refractivity contribution is -0.0543. The van der Waals surface area contributed by atoms with E-state index in [0.29, 0.717) is 38.4 Å². The molecular weight excluding hydrogens is 236 g/mol. The van der Waals surface area contributed by atoms with Crippen LogP contribution in [0.25, 0.3) is 0 Å². The van der Waals surface area contributed by atoms with Crippen LogP contribution in [-0.2, 0) is 4.74 Å². The van der Waals surface area contributed by atoms with E-state index in [1.807, 2.05) is 0 Å². The quantitative estimate of drug-likeness (QED) is 0.731. The SMILES string of the molecule is O=C(O)c1cccc(NCC2(O)CCOCC2)n1. The number of carboxylic acid groups (broad SMARTS) is 1. The maximum atomic E-state index is 10.8. The third kappa shape index (κ3) is 3.18. The van der Waals surface area contributed by atoms with Crippen LogP contribution >= 0.6 is 0 Å². The van der Waals surface area contributed by atoms with Crippen LogP contribution < -0.4 is 5.32 Å². The average molecular weight is 252 g/mol. The minimum atomic E-state index is -1.07. The van der Waals surface area contributed by atoms with Crippen molar-refractivity contribution in [3.63, 3.8) is 0 Å². The average Bonchev–Trinajstić information content (AvgIpc) is 2.38. The Labute approximate surface area is 105 Å². The highest BCUT2D eigenvalue weighted by molar-refractivity contribution is 5.85. The summed E-state index contributed by atoms with van der Waals surface area (Å²) < 4.78 is 5.19. The van der Waals surface area contributed by atoms with Gasteiger partial charge in [-0.05, 0) is 12.1 Å². The van der Waals surface area contributed by atoms with Gasteiger partial charge in [0.05, 0.1) is 5.60 Å². The molecule has 1 aliphatic rings. The van der Waals surface area contributed by atoms with Gasteiger partial charge in [0.1, 0.15) is 5.82 Å². The van der Waals surface area contributed by atoms with Crippen molar-refractivity contribution in [2.24, 2.45) is 0 Å². The fraction of sp³-hybridized carbons (Fsp3) is 0.500. The second kappa shape index (κ2) is 5.32. The lowest BCUT2D eigenvalue weighted by Crippen LogP contribution is -2.42. The lowest BCUT2D eigenvalue weighted by Gasteiger charge is -2.32. The van der Waals surface area contributed by atoms with Crippen LogP contribution in [0.4, 0.5) is 5.82 Å². The number of nitrogens with zero attached hydrogens (tertiary/aromatic N) is 1. The first-order valence-corrected chi connectivity index (χ1v) is 5.83. The Hall–Kier alpha value is -1.66. The molecule has 18 heavy (non-hydrogen) atoms. The number of pyridine rings is 1. The third-order valence-corrected chi connectivity index (χ3v) is 2.99. The molecule has 0 aliphatic carbocycles. The topological polar surface area (TPSA) is 91.7 Å². The molecule has 1 fully saturated rings. The minimum absolute atomic E-state index is 0.0148. The Morgan fingerprint density at radius 2 is 2.17 bits per heavy atom. The molecule has 1 aromatic rings. The Morgan fingerprint density at radius 1 is 1.44 bits per heavy atom. The number of ether oxygens (including phenoxy) is 1. The number of anilines is 1. The van der Waals surface area contributed by atoms with Gasteiger partial charge in [0.25, 0.3) is 0 Å². The van der Waals surface area contributed by atoms with Gasteiger partial charge in [-0.2, -0.15) is 0 Å². The maximum Gasteiger partial charge on any atom is 0.354 e. The zero-order valence-electron chi connectivity index (χ0n) is 9.93. The summed E-state index contributed by atoms with van der Waals surface area (Å²) >= 11 is 0. The number of nitrogens with one attached hydrogen (secondary N) is 1. The summed E-state index contributed by atoms with van der Waals surface area (Å²) in [6.45, 7) is 1.42. The van der Waals surface area contributed by atoms with Gasteiger partial charge in [0.2, 0.25) is 0 Å². The Bertz CT molecular complexity index is 430. The molecule has 0 saturated carbocycles. The zero-order chi connectivity index (χ0) is 13.0. The van der Waals surface area contributed by atoms with Crippen molar-refractivity contribution < 1.29 is 19.7 Å². The summed E-state index contributed by atoms with van der Waals surface area (Å²) in [5.41, 5.74) is -0.821. The molecule has 0 bridgehead atoms. The molecule has 6 nitrogen and oxygen atoms in total. The minimum Gasteiger partial charge on any atom is -0.477 e. The van der Waals surface area contributed by atoms with Crippen LogP contribution in [0.2, 0.25) is 0 Å². The molecule has 1 aliphatic heterocycles. The van der Waals surface area contributed by atoms with Gasteiger partial charge in [-0.3, -0.25) is 0 Å². The van der Waals surface area contributed by atoms with E-state index in [-0.39, 0.29) is 5.69 Å². The number of aromatic nitrogens is 1. The van der Waals surface area contributed by atoms with Gasteiger partial charge < -0.3 is 20.3 Å². The molecule has 0 amide bonds. The summed E-state index contributed by atoms with van der Waals surface area (Å²) in [6, 6.07) is 4.72. The van der Waals surface area contributed by atoms with Crippen molar-refractivity contribution in [2.75, 3.05) is 25.1 Å². The highest BCUT2D eigenvalue weighted by atomic mass is 16.5. The maximum absolute atomic E-state index is 10.8. The van der Waals surface area contributed by atoms with Crippen molar-refractivity contribution in [1.82, 2.24) is 4.98 Å². The number of aromatic carboxylic acids is 1. The Balaban J connectivity index is 1.97. The second-order valence-corrected chi connectivity index (χ2v) is 4.40. The molecule has 2 rings (SSSR count). The van der Waals surface area contributed by atoms with Crippen LogP contribution in [0.1, 0.15) is 23.3 Å². The second-order valence-electron chi connectivity index (χ2n) is 4.40. The number of hydrogen-bond donors (Lipinski definition) is 3. The smallest absolute Gasteiger partial charge is 0.354 e. The predicted octanol–water partition coefficient (Wildman–Crippen LogP) is 0.733. The van der Waals surface area contributed by atoms with Crippen molar-refractivity contribution in [3.05, 3.63) is 23.9 Å². The van der Waals surface area contributed by atoms with Gasteiger partial charge in [-0.25, -0.2) is 9.78 Å². The first-order chi connectivity index (χ1) is 8.59. The molecule has 0 spiro atoms. The molecule has 98 valence electrons. The van der Waals surface area contributed by atoms with E-state index < -0.39 is 11.6 Å². The molecule has 3 N–H and O–H groups in total. The van der Waals surface area contributed by atoms with E-state index in [4.69, 9.17) is 9.84 Å². The summed E-state index contributed by atoms with van der Waals surface area (Å²) in [7, 11) is 0. The highest BCUT2D eigenvalue weighted by Crippen LogP contribution is 2.20. The number of carbonyl (C=O) groups is 1. The number of aliphatic hydroxyl groups is 1. The summed E-state index contributed by atoms with van der Waals surface area (Å²) in [6.07, 6.45) is 1.14. The number of carboxylic acids is 1. The summed E-state index contributed by atoms with van der Waals surface area (Å²) in [4.78, 5) is 14.7. The first kappa shape index (κ1) is 12.8. The zero-order valence-corrected chi connectivity index (χ0v) is 9.93. The van der Waals surface area contributed by atoms with Gasteiger partial charge in [0.15, 0.2) is 5.69 Å². The van der Waals surface area contributed by atoms with Gasteiger partial charge in [0, 0.05) is 32.6 Å². The van der Waals surface area contributed by atoms with Crippen molar-refractivity contribution in [1.29, 1.82) is 0 Å². The molecule has 0 atom stereocenters. The largest absolute Gasteiger partial charge is 0.477 e. The van der Waals surface area contributed by atoms with Crippen molar-refractivity contribution >= 4 is 11.8 Å². The van der Waals surface area contributed by atoms with Crippen LogP contribution in [0.15, 0.2) is 18.2 Å². The summed E-state index contributed by atoms with van der Waals surface area (Å²) in [5.74, 6) is -0.613. The van der Waals surface area contributed by atoms with Crippen LogP contribution in [0.3, 0.4) is 0 Å². The van der Waals surface area contributed by atoms with Crippen LogP contribution in [0.5, 0.6) is 0 Å². The molecule has 6 heteroatoms. The van der Waals surface area contributed by atoms with E-state index in [1.54, 1.807) is 12.1 Å². The molecule has 0 radical (unpaired) electrons. The van der Waals surface area contributed by atoms with Gasteiger partial charge in [-0.15, -0.1) is 0 Å². The van der Waals surface area contributed by atoms with Gasteiger partial charge >= 0.3 is 5.97 Å². The molecule has 0 aromatic carbocycles. The highest BCUT2D eigenvalue weighted by Gasteiger charge is 2.29. The van der Waals surface area contributed by atoms with Crippen LogP contribution in [0, 0.1) is 0 Å². The Kier molecular flexibility index (Phi) is 3.78. The van der Waals surface area contributed by atoms with E-state index in [9.17, 15) is 9.90 Å². The molecule has 2 heterocycles. The van der Waals surface area contributed by atoms with E-state index in [2.05, 4.69) is 10.3 Å². The van der Waals surface area contributed by atoms with E-state index >= 15 is 0 Å². The monoisotopic (exact) mass is 252 g/mol. The molecule has 0 unspecified atom stereocenters. The molecule has 1 aromatic heterocycles. The lowest BCUT2D eigenvalue weighted by atomic mass is 9.94. The fourth-order valence-electron chi connectivity index (χ4n) is 1.84. The van der Waals surface area contributed by atoms with Crippen LogP contribution in [-0.4, -0.2) is 46.5 Å². The molecular formula is C12H16N2O4. The fourth-order valence-corrected chi connectivity index (χ4v) is 1.84. The van der Waals surface area contributed by atoms with E-state index in [0.717, 1.165) is 0 Å².